The number of hydrogen-bond acceptors (Lipinski definition) is 6. The second kappa shape index (κ2) is 10.8. The van der Waals surface area contributed by atoms with Gasteiger partial charge in [0, 0.05) is 12.2 Å². The Morgan fingerprint density at radius 3 is 2.58 bits per heavy atom. The van der Waals surface area contributed by atoms with E-state index in [2.05, 4.69) is 6.07 Å². The van der Waals surface area contributed by atoms with Crippen molar-refractivity contribution < 1.29 is 14.3 Å². The summed E-state index contributed by atoms with van der Waals surface area (Å²) < 4.78 is 5.77. The number of amides is 2. The van der Waals surface area contributed by atoms with Gasteiger partial charge in [-0.15, -0.1) is 0 Å². The molecule has 0 radical (unpaired) electrons. The first kappa shape index (κ1) is 22.5. The smallest absolute Gasteiger partial charge is 0.266 e. The van der Waals surface area contributed by atoms with Crippen molar-refractivity contribution in [2.45, 2.75) is 13.3 Å². The zero-order valence-corrected chi connectivity index (χ0v) is 18.6. The summed E-state index contributed by atoms with van der Waals surface area (Å²) >= 11 is 6.53. The summed E-state index contributed by atoms with van der Waals surface area (Å²) in [5, 5.41) is 8.94. The first-order valence-electron chi connectivity index (χ1n) is 9.74. The van der Waals surface area contributed by atoms with Gasteiger partial charge in [-0.1, -0.05) is 54.3 Å². The van der Waals surface area contributed by atoms with E-state index in [0.717, 1.165) is 11.3 Å². The fourth-order valence-corrected chi connectivity index (χ4v) is 4.26. The van der Waals surface area contributed by atoms with Gasteiger partial charge in [-0.3, -0.25) is 14.5 Å². The van der Waals surface area contributed by atoms with Crippen LogP contribution in [0.5, 0.6) is 5.75 Å². The maximum absolute atomic E-state index is 13.0. The minimum atomic E-state index is -0.300. The van der Waals surface area contributed by atoms with Crippen molar-refractivity contribution >= 4 is 51.9 Å². The molecule has 1 saturated heterocycles. The fraction of sp³-hybridized carbons (Fsp3) is 0.217. The quantitative estimate of drug-likeness (QED) is 0.442. The molecule has 1 heterocycles. The van der Waals surface area contributed by atoms with E-state index in [-0.39, 0.29) is 31.3 Å². The molecule has 31 heavy (non-hydrogen) atoms. The molecule has 2 aromatic rings. The SMILES string of the molecule is CCOc1ccc(/C=C2\SC(=S)N(CC(=O)N(CCC#N)c3ccccc3)C2=O)cc1. The van der Waals surface area contributed by atoms with Gasteiger partial charge in [-0.2, -0.15) is 5.26 Å². The average molecular weight is 452 g/mol. The molecule has 0 saturated carbocycles. The van der Waals surface area contributed by atoms with E-state index in [9.17, 15) is 9.59 Å². The van der Waals surface area contributed by atoms with Crippen molar-refractivity contribution in [3.8, 4) is 11.8 Å². The van der Waals surface area contributed by atoms with Gasteiger partial charge in [-0.05, 0) is 42.8 Å². The van der Waals surface area contributed by atoms with Crippen LogP contribution in [0.25, 0.3) is 6.08 Å². The second-order valence-corrected chi connectivity index (χ2v) is 8.23. The topological polar surface area (TPSA) is 73.6 Å². The Kier molecular flexibility index (Phi) is 7.82. The zero-order chi connectivity index (χ0) is 22.2. The van der Waals surface area contributed by atoms with Gasteiger partial charge in [-0.25, -0.2) is 0 Å². The van der Waals surface area contributed by atoms with E-state index < -0.39 is 0 Å². The molecule has 2 amide bonds. The van der Waals surface area contributed by atoms with Gasteiger partial charge >= 0.3 is 0 Å². The number of anilines is 1. The van der Waals surface area contributed by atoms with Crippen LogP contribution in [0.15, 0.2) is 59.5 Å². The average Bonchev–Trinajstić information content (AvgIpc) is 3.03. The van der Waals surface area contributed by atoms with E-state index in [0.29, 0.717) is 21.5 Å². The monoisotopic (exact) mass is 451 g/mol. The second-order valence-electron chi connectivity index (χ2n) is 6.56. The number of thioether (sulfide) groups is 1. The summed E-state index contributed by atoms with van der Waals surface area (Å²) in [6.45, 7) is 2.57. The third-order valence-electron chi connectivity index (χ3n) is 4.47. The highest BCUT2D eigenvalue weighted by atomic mass is 32.2. The Bertz CT molecular complexity index is 1030. The summed E-state index contributed by atoms with van der Waals surface area (Å²) in [4.78, 5) is 29.2. The summed E-state index contributed by atoms with van der Waals surface area (Å²) in [7, 11) is 0. The minimum Gasteiger partial charge on any atom is -0.494 e. The number of thiocarbonyl (C=S) groups is 1. The van der Waals surface area contributed by atoms with E-state index in [1.807, 2.05) is 49.4 Å². The van der Waals surface area contributed by atoms with Crippen LogP contribution in [0.1, 0.15) is 18.9 Å². The Labute approximate surface area is 191 Å². The van der Waals surface area contributed by atoms with E-state index in [4.69, 9.17) is 22.2 Å². The van der Waals surface area contributed by atoms with Crippen LogP contribution in [-0.2, 0) is 9.59 Å². The number of ether oxygens (including phenoxy) is 1. The molecular formula is C23H21N3O3S2. The van der Waals surface area contributed by atoms with Crippen LogP contribution < -0.4 is 9.64 Å². The molecule has 3 rings (SSSR count). The van der Waals surface area contributed by atoms with Crippen molar-refractivity contribution in [3.63, 3.8) is 0 Å². The molecule has 0 aliphatic carbocycles. The molecular weight excluding hydrogens is 430 g/mol. The van der Waals surface area contributed by atoms with Gasteiger partial charge in [0.1, 0.15) is 16.6 Å². The molecule has 0 unspecified atom stereocenters. The van der Waals surface area contributed by atoms with Crippen molar-refractivity contribution in [1.29, 1.82) is 5.26 Å². The van der Waals surface area contributed by atoms with Crippen molar-refractivity contribution in [1.82, 2.24) is 4.90 Å². The molecule has 0 aromatic heterocycles. The molecule has 158 valence electrons. The zero-order valence-electron chi connectivity index (χ0n) is 17.0. The van der Waals surface area contributed by atoms with Crippen LogP contribution in [0.3, 0.4) is 0 Å². The van der Waals surface area contributed by atoms with Crippen LogP contribution in [0, 0.1) is 11.3 Å². The molecule has 0 bridgehead atoms. The Hall–Kier alpha value is -3.15. The summed E-state index contributed by atoms with van der Waals surface area (Å²) in [5.41, 5.74) is 1.52. The number of benzene rings is 2. The Morgan fingerprint density at radius 2 is 1.94 bits per heavy atom. The lowest BCUT2D eigenvalue weighted by Gasteiger charge is -2.24. The van der Waals surface area contributed by atoms with Crippen molar-refractivity contribution in [3.05, 3.63) is 65.1 Å². The van der Waals surface area contributed by atoms with Crippen LogP contribution in [-0.4, -0.2) is 40.7 Å². The predicted octanol–water partition coefficient (Wildman–Crippen LogP) is 4.23. The lowest BCUT2D eigenvalue weighted by atomic mass is 10.2. The number of rotatable bonds is 8. The van der Waals surface area contributed by atoms with Crippen molar-refractivity contribution in [2.75, 3.05) is 24.6 Å². The molecule has 8 heteroatoms. The molecule has 6 nitrogen and oxygen atoms in total. The molecule has 1 aliphatic rings. The van der Waals surface area contributed by atoms with E-state index >= 15 is 0 Å². The van der Waals surface area contributed by atoms with Gasteiger partial charge in [0.05, 0.1) is 24.0 Å². The lowest BCUT2D eigenvalue weighted by molar-refractivity contribution is -0.127. The third kappa shape index (κ3) is 5.72. The first-order chi connectivity index (χ1) is 15.0. The van der Waals surface area contributed by atoms with Crippen molar-refractivity contribution in [2.24, 2.45) is 0 Å². The fourth-order valence-electron chi connectivity index (χ4n) is 3.00. The molecule has 0 atom stereocenters. The van der Waals surface area contributed by atoms with Gasteiger partial charge in [0.15, 0.2) is 0 Å². The highest BCUT2D eigenvalue weighted by molar-refractivity contribution is 8.26. The predicted molar refractivity (Wildman–Crippen MR) is 127 cm³/mol. The van der Waals surface area contributed by atoms with Gasteiger partial charge in [0.2, 0.25) is 5.91 Å². The first-order valence-corrected chi connectivity index (χ1v) is 11.0. The molecule has 2 aromatic carbocycles. The van der Waals surface area contributed by atoms with Crippen LogP contribution in [0.4, 0.5) is 5.69 Å². The van der Waals surface area contributed by atoms with Gasteiger partial charge < -0.3 is 9.64 Å². The highest BCUT2D eigenvalue weighted by Gasteiger charge is 2.34. The third-order valence-corrected chi connectivity index (χ3v) is 5.85. The number of carbonyl (C=O) groups is 2. The largest absolute Gasteiger partial charge is 0.494 e. The van der Waals surface area contributed by atoms with Crippen LogP contribution >= 0.6 is 24.0 Å². The van der Waals surface area contributed by atoms with E-state index in [1.54, 1.807) is 18.2 Å². The number of hydrogen-bond donors (Lipinski definition) is 0. The summed E-state index contributed by atoms with van der Waals surface area (Å²) in [5.74, 6) is 0.168. The Morgan fingerprint density at radius 1 is 1.23 bits per heavy atom. The molecule has 1 aliphatic heterocycles. The number of para-hydroxylation sites is 1. The molecule has 0 N–H and O–H groups in total. The maximum Gasteiger partial charge on any atom is 0.266 e. The minimum absolute atomic E-state index is 0.175. The summed E-state index contributed by atoms with van der Waals surface area (Å²) in [6.07, 6.45) is 1.95. The van der Waals surface area contributed by atoms with Crippen LogP contribution in [0.2, 0.25) is 0 Å². The normalized spacial score (nSPS) is 14.6. The lowest BCUT2D eigenvalue weighted by Crippen LogP contribution is -2.42. The standard InChI is InChI=1S/C23H21N3O3S2/c1-2-29-19-11-9-17(10-12-19)15-20-22(28)26(23(30)31-20)16-21(27)25(14-6-13-24)18-7-4-3-5-8-18/h3-5,7-12,15H,2,6,14,16H2,1H3/b20-15-. The maximum atomic E-state index is 13.0. The number of carbonyl (C=O) groups excluding carboxylic acids is 2. The van der Waals surface area contributed by atoms with E-state index in [1.165, 1.54) is 21.6 Å². The Balaban J connectivity index is 1.74. The number of nitrogens with zero attached hydrogens (tertiary/aromatic N) is 3. The molecule has 1 fully saturated rings. The highest BCUT2D eigenvalue weighted by Crippen LogP contribution is 2.33. The molecule has 0 spiro atoms. The number of nitriles is 1. The van der Waals surface area contributed by atoms with Gasteiger partial charge in [0.25, 0.3) is 5.91 Å². The summed E-state index contributed by atoms with van der Waals surface area (Å²) in [6, 6.07) is 18.5.